The Balaban J connectivity index is 1.59. The molecule has 0 fully saturated rings. The molecule has 3 aromatic rings. The van der Waals surface area contributed by atoms with E-state index in [1.165, 1.54) is 11.3 Å². The Hall–Kier alpha value is -2.86. The maximum atomic E-state index is 12.2. The van der Waals surface area contributed by atoms with Crippen molar-refractivity contribution in [3.05, 3.63) is 65.2 Å². The number of hydrogen-bond acceptors (Lipinski definition) is 5. The van der Waals surface area contributed by atoms with Gasteiger partial charge in [-0.3, -0.25) is 4.79 Å². The molecule has 1 amide bonds. The molecule has 0 spiro atoms. The summed E-state index contributed by atoms with van der Waals surface area (Å²) in [7, 11) is 3.26. The quantitative estimate of drug-likeness (QED) is 0.691. The summed E-state index contributed by atoms with van der Waals surface area (Å²) in [6.07, 6.45) is 0.252. The first-order valence-corrected chi connectivity index (χ1v) is 9.05. The summed E-state index contributed by atoms with van der Waals surface area (Å²) in [6, 6.07) is 15.4. The SMILES string of the molecule is COc1ccc(-c2nc(CC(=O)NCc3ccccc3OC)cs2)cc1. The number of amides is 1. The lowest BCUT2D eigenvalue weighted by atomic mass is 10.2. The summed E-state index contributed by atoms with van der Waals surface area (Å²) in [5.74, 6) is 1.51. The van der Waals surface area contributed by atoms with Crippen molar-refractivity contribution in [1.82, 2.24) is 10.3 Å². The van der Waals surface area contributed by atoms with Crippen LogP contribution in [0.2, 0.25) is 0 Å². The Morgan fingerprint density at radius 2 is 1.85 bits per heavy atom. The topological polar surface area (TPSA) is 60.5 Å². The van der Waals surface area contributed by atoms with Gasteiger partial charge in [-0.25, -0.2) is 4.98 Å². The van der Waals surface area contributed by atoms with Gasteiger partial charge in [0.2, 0.25) is 5.91 Å². The molecule has 134 valence electrons. The number of nitrogens with zero attached hydrogens (tertiary/aromatic N) is 1. The molecule has 1 heterocycles. The third kappa shape index (κ3) is 4.40. The Morgan fingerprint density at radius 1 is 1.08 bits per heavy atom. The number of hydrogen-bond donors (Lipinski definition) is 1. The first kappa shape index (κ1) is 17.9. The van der Waals surface area contributed by atoms with E-state index in [0.29, 0.717) is 6.54 Å². The summed E-state index contributed by atoms with van der Waals surface area (Å²) in [4.78, 5) is 16.8. The molecule has 0 saturated heterocycles. The van der Waals surface area contributed by atoms with Crippen LogP contribution in [0.4, 0.5) is 0 Å². The Bertz CT molecular complexity index is 875. The number of carbonyl (C=O) groups excluding carboxylic acids is 1. The van der Waals surface area contributed by atoms with Gasteiger partial charge in [0.05, 0.1) is 26.3 Å². The Labute approximate surface area is 156 Å². The monoisotopic (exact) mass is 368 g/mol. The maximum Gasteiger partial charge on any atom is 0.226 e. The molecule has 0 bridgehead atoms. The second-order valence-corrected chi connectivity index (χ2v) is 6.50. The number of thiazole rings is 1. The van der Waals surface area contributed by atoms with Crippen LogP contribution in [0.15, 0.2) is 53.9 Å². The van der Waals surface area contributed by atoms with Gasteiger partial charge in [0.25, 0.3) is 0 Å². The number of carbonyl (C=O) groups is 1. The van der Waals surface area contributed by atoms with E-state index in [-0.39, 0.29) is 12.3 Å². The highest BCUT2D eigenvalue weighted by atomic mass is 32.1. The number of ether oxygens (including phenoxy) is 2. The largest absolute Gasteiger partial charge is 0.497 e. The molecule has 0 radical (unpaired) electrons. The van der Waals surface area contributed by atoms with Crippen molar-refractivity contribution in [1.29, 1.82) is 0 Å². The molecule has 26 heavy (non-hydrogen) atoms. The van der Waals surface area contributed by atoms with Crippen LogP contribution >= 0.6 is 11.3 Å². The van der Waals surface area contributed by atoms with Gasteiger partial charge in [0, 0.05) is 23.1 Å². The molecule has 0 saturated carbocycles. The molecular weight excluding hydrogens is 348 g/mol. The number of rotatable bonds is 7. The summed E-state index contributed by atoms with van der Waals surface area (Å²) >= 11 is 1.53. The highest BCUT2D eigenvalue weighted by molar-refractivity contribution is 7.13. The van der Waals surface area contributed by atoms with Gasteiger partial charge in [-0.1, -0.05) is 18.2 Å². The average molecular weight is 368 g/mol. The zero-order chi connectivity index (χ0) is 18.4. The van der Waals surface area contributed by atoms with Crippen LogP contribution in [-0.4, -0.2) is 25.1 Å². The Kier molecular flexibility index (Phi) is 5.86. The maximum absolute atomic E-state index is 12.2. The van der Waals surface area contributed by atoms with E-state index in [0.717, 1.165) is 33.3 Å². The summed E-state index contributed by atoms with van der Waals surface area (Å²) in [5, 5.41) is 5.72. The highest BCUT2D eigenvalue weighted by Crippen LogP contribution is 2.26. The molecular formula is C20H20N2O3S. The fourth-order valence-electron chi connectivity index (χ4n) is 2.52. The van der Waals surface area contributed by atoms with E-state index < -0.39 is 0 Å². The first-order valence-electron chi connectivity index (χ1n) is 8.17. The van der Waals surface area contributed by atoms with Crippen LogP contribution in [0.5, 0.6) is 11.5 Å². The van der Waals surface area contributed by atoms with Crippen molar-refractivity contribution >= 4 is 17.2 Å². The van der Waals surface area contributed by atoms with Crippen molar-refractivity contribution in [2.75, 3.05) is 14.2 Å². The summed E-state index contributed by atoms with van der Waals surface area (Å²) in [5.41, 5.74) is 2.72. The molecule has 1 N–H and O–H groups in total. The normalized spacial score (nSPS) is 10.4. The molecule has 3 rings (SSSR count). The van der Waals surface area contributed by atoms with E-state index in [4.69, 9.17) is 9.47 Å². The predicted molar refractivity (Wildman–Crippen MR) is 103 cm³/mol. The van der Waals surface area contributed by atoms with Crippen LogP contribution in [0.1, 0.15) is 11.3 Å². The fraction of sp³-hybridized carbons (Fsp3) is 0.200. The zero-order valence-corrected chi connectivity index (χ0v) is 15.5. The summed E-state index contributed by atoms with van der Waals surface area (Å²) < 4.78 is 10.5. The fourth-order valence-corrected chi connectivity index (χ4v) is 3.35. The number of aromatic nitrogens is 1. The van der Waals surface area contributed by atoms with Gasteiger partial charge in [0.1, 0.15) is 16.5 Å². The smallest absolute Gasteiger partial charge is 0.226 e. The van der Waals surface area contributed by atoms with Gasteiger partial charge in [0.15, 0.2) is 0 Å². The molecule has 2 aromatic carbocycles. The van der Waals surface area contributed by atoms with Crippen molar-refractivity contribution in [3.63, 3.8) is 0 Å². The third-order valence-corrected chi connectivity index (χ3v) is 4.84. The highest BCUT2D eigenvalue weighted by Gasteiger charge is 2.10. The molecule has 6 heteroatoms. The number of nitrogens with one attached hydrogen (secondary N) is 1. The average Bonchev–Trinajstić information content (AvgIpc) is 3.15. The van der Waals surface area contributed by atoms with Crippen molar-refractivity contribution in [2.45, 2.75) is 13.0 Å². The molecule has 0 atom stereocenters. The minimum atomic E-state index is -0.0671. The van der Waals surface area contributed by atoms with E-state index in [9.17, 15) is 4.79 Å². The standard InChI is InChI=1S/C20H20N2O3S/c1-24-17-9-7-14(8-10-17)20-22-16(13-26-20)11-19(23)21-12-15-5-3-4-6-18(15)25-2/h3-10,13H,11-12H2,1-2H3,(H,21,23). The third-order valence-electron chi connectivity index (χ3n) is 3.90. The molecule has 0 aliphatic carbocycles. The molecule has 0 unspecified atom stereocenters. The lowest BCUT2D eigenvalue weighted by molar-refractivity contribution is -0.120. The van der Waals surface area contributed by atoms with Gasteiger partial charge in [-0.15, -0.1) is 11.3 Å². The summed E-state index contributed by atoms with van der Waals surface area (Å²) in [6.45, 7) is 0.429. The van der Waals surface area contributed by atoms with E-state index in [1.54, 1.807) is 14.2 Å². The van der Waals surface area contributed by atoms with Gasteiger partial charge in [-0.2, -0.15) is 0 Å². The van der Waals surface area contributed by atoms with Crippen molar-refractivity contribution < 1.29 is 14.3 Å². The van der Waals surface area contributed by atoms with E-state index in [1.807, 2.05) is 53.9 Å². The minimum Gasteiger partial charge on any atom is -0.497 e. The Morgan fingerprint density at radius 3 is 2.58 bits per heavy atom. The van der Waals surface area contributed by atoms with Crippen LogP contribution in [0, 0.1) is 0 Å². The van der Waals surface area contributed by atoms with Gasteiger partial charge >= 0.3 is 0 Å². The first-order chi connectivity index (χ1) is 12.7. The minimum absolute atomic E-state index is 0.0671. The zero-order valence-electron chi connectivity index (χ0n) is 14.7. The lowest BCUT2D eigenvalue weighted by Gasteiger charge is -2.09. The molecule has 1 aromatic heterocycles. The van der Waals surface area contributed by atoms with Crippen LogP contribution < -0.4 is 14.8 Å². The lowest BCUT2D eigenvalue weighted by Crippen LogP contribution is -2.24. The van der Waals surface area contributed by atoms with Crippen LogP contribution in [0.3, 0.4) is 0 Å². The van der Waals surface area contributed by atoms with Crippen LogP contribution in [-0.2, 0) is 17.8 Å². The number of methoxy groups -OCH3 is 2. The van der Waals surface area contributed by atoms with E-state index >= 15 is 0 Å². The number of benzene rings is 2. The number of para-hydroxylation sites is 1. The molecule has 0 aliphatic rings. The predicted octanol–water partition coefficient (Wildman–Crippen LogP) is 3.69. The van der Waals surface area contributed by atoms with E-state index in [2.05, 4.69) is 10.3 Å². The van der Waals surface area contributed by atoms with Gasteiger partial charge < -0.3 is 14.8 Å². The molecule has 0 aliphatic heterocycles. The second kappa shape index (κ2) is 8.49. The van der Waals surface area contributed by atoms with Crippen LogP contribution in [0.25, 0.3) is 10.6 Å². The van der Waals surface area contributed by atoms with Crippen molar-refractivity contribution in [2.24, 2.45) is 0 Å². The van der Waals surface area contributed by atoms with Gasteiger partial charge in [-0.05, 0) is 30.3 Å². The van der Waals surface area contributed by atoms with Crippen molar-refractivity contribution in [3.8, 4) is 22.1 Å². The molecule has 5 nitrogen and oxygen atoms in total. The second-order valence-electron chi connectivity index (χ2n) is 5.64.